The van der Waals surface area contributed by atoms with Gasteiger partial charge in [-0.3, -0.25) is 10.0 Å². The van der Waals surface area contributed by atoms with E-state index in [1.807, 2.05) is 7.05 Å². The van der Waals surface area contributed by atoms with Gasteiger partial charge >= 0.3 is 0 Å². The highest BCUT2D eigenvalue weighted by Gasteiger charge is 2.37. The van der Waals surface area contributed by atoms with Crippen LogP contribution in [0.15, 0.2) is 29.0 Å². The summed E-state index contributed by atoms with van der Waals surface area (Å²) < 4.78 is 15.3. The highest BCUT2D eigenvalue weighted by Crippen LogP contribution is 2.42. The summed E-state index contributed by atoms with van der Waals surface area (Å²) >= 11 is 6.25. The Labute approximate surface area is 172 Å². The Morgan fingerprint density at radius 1 is 1.46 bits per heavy atom. The molecule has 6 N–H and O–H groups in total. The summed E-state index contributed by atoms with van der Waals surface area (Å²) in [7, 11) is 3.54. The zero-order chi connectivity index (χ0) is 20.9. The van der Waals surface area contributed by atoms with Crippen LogP contribution >= 0.6 is 11.6 Å². The third kappa shape index (κ3) is 4.77. The minimum absolute atomic E-state index is 0.0448. The Kier molecular flexibility index (Phi) is 7.69. The second kappa shape index (κ2) is 9.58. The van der Waals surface area contributed by atoms with Gasteiger partial charge in [-0.25, -0.2) is 10.2 Å². The second-order valence-electron chi connectivity index (χ2n) is 7.54. The van der Waals surface area contributed by atoms with Crippen LogP contribution in [0.2, 0.25) is 5.02 Å². The first kappa shape index (κ1) is 22.5. The quantitative estimate of drug-likeness (QED) is 0.225. The number of nitrogens with zero attached hydrogens (tertiary/aromatic N) is 2. The summed E-state index contributed by atoms with van der Waals surface area (Å²) in [5.74, 6) is 6.33. The fourth-order valence-electron chi connectivity index (χ4n) is 3.50. The molecule has 156 valence electrons. The maximum Gasteiger partial charge on any atom is 0.173 e. The van der Waals surface area contributed by atoms with Crippen molar-refractivity contribution >= 4 is 28.8 Å². The molecule has 0 spiro atoms. The van der Waals surface area contributed by atoms with Crippen LogP contribution in [0.1, 0.15) is 46.0 Å². The lowest BCUT2D eigenvalue weighted by Crippen LogP contribution is -2.39. The van der Waals surface area contributed by atoms with Gasteiger partial charge in [0.25, 0.3) is 0 Å². The van der Waals surface area contributed by atoms with Gasteiger partial charge in [-0.05, 0) is 38.4 Å². The van der Waals surface area contributed by atoms with Gasteiger partial charge in [0.2, 0.25) is 0 Å². The van der Waals surface area contributed by atoms with Crippen molar-refractivity contribution in [2.45, 2.75) is 52.0 Å². The summed E-state index contributed by atoms with van der Waals surface area (Å²) in [5.41, 5.74) is 6.97. The molecular weight excluding hydrogens is 379 g/mol. The van der Waals surface area contributed by atoms with E-state index in [1.54, 1.807) is 19.2 Å². The van der Waals surface area contributed by atoms with Crippen molar-refractivity contribution in [1.82, 2.24) is 5.32 Å². The maximum atomic E-state index is 15.3. The number of nitrogens with one attached hydrogen (secondary N) is 2. The van der Waals surface area contributed by atoms with Crippen molar-refractivity contribution in [3.8, 4) is 0 Å². The minimum atomic E-state index is -0.542. The van der Waals surface area contributed by atoms with E-state index < -0.39 is 5.82 Å². The SMILES string of the molecule is CCCC(NC)/C(N)=C/N(N)c1c(Cl)ccc(NC(=NC)C2(C)CCC2)c1F. The number of amidine groups is 1. The number of hydrogen-bond donors (Lipinski definition) is 4. The number of hydrazine groups is 1. The molecule has 2 rings (SSSR count). The number of aliphatic imine (C=N–C) groups is 1. The van der Waals surface area contributed by atoms with E-state index in [-0.39, 0.29) is 27.9 Å². The maximum absolute atomic E-state index is 15.3. The molecule has 1 aliphatic rings. The third-order valence-electron chi connectivity index (χ3n) is 5.45. The fraction of sp³-hybridized carbons (Fsp3) is 0.550. The first-order chi connectivity index (χ1) is 13.3. The molecule has 0 aromatic heterocycles. The van der Waals surface area contributed by atoms with E-state index in [0.29, 0.717) is 5.70 Å². The van der Waals surface area contributed by atoms with Gasteiger partial charge in [-0.15, -0.1) is 0 Å². The molecule has 1 unspecified atom stereocenters. The third-order valence-corrected chi connectivity index (χ3v) is 5.75. The van der Waals surface area contributed by atoms with Gasteiger partial charge in [-0.2, -0.15) is 0 Å². The van der Waals surface area contributed by atoms with Crippen LogP contribution in [0.3, 0.4) is 0 Å². The lowest BCUT2D eigenvalue weighted by atomic mass is 9.69. The standard InChI is InChI=1S/C20H32ClFN6/c1-5-7-15(25-3)14(23)12-28(24)18-13(21)8-9-16(17(18)22)27-19(26-4)20(2)10-6-11-20/h8-9,12,15,25H,5-7,10-11,23-24H2,1-4H3,(H,26,27)/b14-12-. The molecule has 1 aromatic carbocycles. The molecule has 1 atom stereocenters. The molecule has 0 bridgehead atoms. The summed E-state index contributed by atoms with van der Waals surface area (Å²) in [4.78, 5) is 4.34. The second-order valence-corrected chi connectivity index (χ2v) is 7.94. The molecule has 8 heteroatoms. The molecule has 0 radical (unpaired) electrons. The number of rotatable bonds is 8. The molecule has 0 amide bonds. The van der Waals surface area contributed by atoms with Gasteiger partial charge in [0.05, 0.1) is 10.7 Å². The lowest BCUT2D eigenvalue weighted by molar-refractivity contribution is 0.261. The molecule has 0 heterocycles. The Balaban J connectivity index is 2.31. The molecule has 1 fully saturated rings. The van der Waals surface area contributed by atoms with Crippen molar-refractivity contribution in [2.24, 2.45) is 22.0 Å². The molecule has 6 nitrogen and oxygen atoms in total. The smallest absolute Gasteiger partial charge is 0.173 e. The number of anilines is 2. The Hall–Kier alpha value is -1.83. The van der Waals surface area contributed by atoms with Gasteiger partial charge in [0.15, 0.2) is 5.82 Å². The average Bonchev–Trinajstić information content (AvgIpc) is 2.63. The van der Waals surface area contributed by atoms with Crippen LogP contribution < -0.4 is 27.2 Å². The topological polar surface area (TPSA) is 91.7 Å². The molecule has 0 aliphatic heterocycles. The van der Waals surface area contributed by atoms with E-state index in [2.05, 4.69) is 29.5 Å². The van der Waals surface area contributed by atoms with Crippen molar-refractivity contribution in [3.05, 3.63) is 34.9 Å². The normalized spacial score (nSPS) is 17.8. The summed E-state index contributed by atoms with van der Waals surface area (Å²) in [6.45, 7) is 4.20. The van der Waals surface area contributed by atoms with Crippen LogP contribution in [0.4, 0.5) is 15.8 Å². The number of halogens is 2. The first-order valence-corrected chi connectivity index (χ1v) is 10.1. The molecular formula is C20H32ClFN6. The highest BCUT2D eigenvalue weighted by molar-refractivity contribution is 6.33. The molecule has 1 saturated carbocycles. The van der Waals surface area contributed by atoms with Crippen LogP contribution in [0.5, 0.6) is 0 Å². The van der Waals surface area contributed by atoms with Crippen molar-refractivity contribution in [3.63, 3.8) is 0 Å². The van der Waals surface area contributed by atoms with Crippen LogP contribution in [0, 0.1) is 11.2 Å². The van der Waals surface area contributed by atoms with E-state index in [1.165, 1.54) is 6.20 Å². The molecule has 0 saturated heterocycles. The fourth-order valence-corrected chi connectivity index (χ4v) is 3.75. The molecule has 28 heavy (non-hydrogen) atoms. The van der Waals surface area contributed by atoms with E-state index in [9.17, 15) is 0 Å². The molecule has 1 aliphatic carbocycles. The summed E-state index contributed by atoms with van der Waals surface area (Å²) in [6.07, 6.45) is 6.51. The minimum Gasteiger partial charge on any atom is -0.400 e. The zero-order valence-electron chi connectivity index (χ0n) is 17.1. The van der Waals surface area contributed by atoms with Gasteiger partial charge in [0.1, 0.15) is 11.5 Å². The number of hydrogen-bond acceptors (Lipinski definition) is 5. The predicted octanol–water partition coefficient (Wildman–Crippen LogP) is 3.98. The van der Waals surface area contributed by atoms with Crippen molar-refractivity contribution in [2.75, 3.05) is 24.4 Å². The van der Waals surface area contributed by atoms with E-state index >= 15 is 4.39 Å². The zero-order valence-corrected chi connectivity index (χ0v) is 17.9. The lowest BCUT2D eigenvalue weighted by Gasteiger charge is -2.39. The van der Waals surface area contributed by atoms with Gasteiger partial charge in [-0.1, -0.05) is 38.3 Å². The monoisotopic (exact) mass is 410 g/mol. The van der Waals surface area contributed by atoms with Crippen LogP contribution in [0.25, 0.3) is 0 Å². The Morgan fingerprint density at radius 2 is 2.14 bits per heavy atom. The van der Waals surface area contributed by atoms with Gasteiger partial charge < -0.3 is 16.4 Å². The van der Waals surface area contributed by atoms with Crippen LogP contribution in [-0.2, 0) is 0 Å². The van der Waals surface area contributed by atoms with E-state index in [4.69, 9.17) is 23.2 Å². The Morgan fingerprint density at radius 3 is 2.64 bits per heavy atom. The number of benzene rings is 1. The number of likely N-dealkylation sites (N-methyl/N-ethyl adjacent to an activating group) is 1. The number of nitrogens with two attached hydrogens (primary N) is 2. The Bertz CT molecular complexity index is 744. The predicted molar refractivity (Wildman–Crippen MR) is 117 cm³/mol. The van der Waals surface area contributed by atoms with Crippen molar-refractivity contribution < 1.29 is 4.39 Å². The van der Waals surface area contributed by atoms with Crippen LogP contribution in [-0.4, -0.2) is 26.0 Å². The first-order valence-electron chi connectivity index (χ1n) is 9.68. The largest absolute Gasteiger partial charge is 0.400 e. The molecule has 1 aromatic rings. The van der Waals surface area contributed by atoms with Gasteiger partial charge in [0, 0.05) is 30.4 Å². The summed E-state index contributed by atoms with van der Waals surface area (Å²) in [6, 6.07) is 3.17. The van der Waals surface area contributed by atoms with Crippen molar-refractivity contribution in [1.29, 1.82) is 0 Å². The highest BCUT2D eigenvalue weighted by atomic mass is 35.5. The average molecular weight is 411 g/mol. The van der Waals surface area contributed by atoms with E-state index in [0.717, 1.165) is 42.9 Å². The summed E-state index contributed by atoms with van der Waals surface area (Å²) in [5, 5.41) is 7.62.